The Bertz CT molecular complexity index is 825. The van der Waals surface area contributed by atoms with Crippen LogP contribution in [0.2, 0.25) is 5.02 Å². The van der Waals surface area contributed by atoms with Gasteiger partial charge in [-0.2, -0.15) is 0 Å². The number of nitrogens with one attached hydrogen (secondary N) is 1. The van der Waals surface area contributed by atoms with E-state index in [1.54, 1.807) is 38.5 Å². The summed E-state index contributed by atoms with van der Waals surface area (Å²) in [5.74, 6) is 1.32. The summed E-state index contributed by atoms with van der Waals surface area (Å²) in [7, 11) is 3.29. The summed E-state index contributed by atoms with van der Waals surface area (Å²) in [6.45, 7) is 4.50. The second kappa shape index (κ2) is 8.63. The standard InChI is InChI=1S/C21H25ClN2O3/c1-4-24-9-8-14-11-19(26-2)20(27-3)12-17(14)18(24)13-23-21(25)15-6-5-7-16(22)10-15/h5-7,10-12,18H,4,8-9,13H2,1-3H3,(H,23,25). The molecule has 1 unspecified atom stereocenters. The third-order valence-corrected chi connectivity index (χ3v) is 5.30. The van der Waals surface area contributed by atoms with Crippen LogP contribution < -0.4 is 14.8 Å². The average molecular weight is 389 g/mol. The van der Waals surface area contributed by atoms with Gasteiger partial charge < -0.3 is 14.8 Å². The molecule has 1 atom stereocenters. The van der Waals surface area contributed by atoms with Crippen LogP contribution in [0.3, 0.4) is 0 Å². The number of likely N-dealkylation sites (N-methyl/N-ethyl adjacent to an activating group) is 1. The Labute approximate surface area is 165 Å². The first kappa shape index (κ1) is 19.5. The Hall–Kier alpha value is -2.24. The van der Waals surface area contributed by atoms with E-state index in [2.05, 4.69) is 17.1 Å². The lowest BCUT2D eigenvalue weighted by molar-refractivity contribution is 0.0930. The fraction of sp³-hybridized carbons (Fsp3) is 0.381. The first-order valence-electron chi connectivity index (χ1n) is 9.10. The largest absolute Gasteiger partial charge is 0.493 e. The minimum absolute atomic E-state index is 0.0849. The molecule has 2 aromatic rings. The van der Waals surface area contributed by atoms with Crippen LogP contribution in [0.5, 0.6) is 11.5 Å². The van der Waals surface area contributed by atoms with Crippen molar-refractivity contribution in [1.82, 2.24) is 10.2 Å². The minimum Gasteiger partial charge on any atom is -0.493 e. The third kappa shape index (κ3) is 4.20. The van der Waals surface area contributed by atoms with Crippen molar-refractivity contribution in [2.24, 2.45) is 0 Å². The molecule has 0 aromatic heterocycles. The quantitative estimate of drug-likeness (QED) is 0.819. The Kier molecular flexibility index (Phi) is 6.24. The van der Waals surface area contributed by atoms with Crippen LogP contribution in [-0.4, -0.2) is 44.7 Å². The summed E-state index contributed by atoms with van der Waals surface area (Å²) in [6.07, 6.45) is 0.947. The van der Waals surface area contributed by atoms with Crippen molar-refractivity contribution in [2.45, 2.75) is 19.4 Å². The van der Waals surface area contributed by atoms with E-state index in [0.717, 1.165) is 25.3 Å². The fourth-order valence-corrected chi connectivity index (χ4v) is 3.81. The monoisotopic (exact) mass is 388 g/mol. The first-order chi connectivity index (χ1) is 13.1. The number of halogens is 1. The Morgan fingerprint density at radius 2 is 1.96 bits per heavy atom. The number of benzene rings is 2. The maximum Gasteiger partial charge on any atom is 0.251 e. The third-order valence-electron chi connectivity index (χ3n) is 5.06. The highest BCUT2D eigenvalue weighted by Gasteiger charge is 2.28. The van der Waals surface area contributed by atoms with Crippen molar-refractivity contribution in [3.63, 3.8) is 0 Å². The summed E-state index contributed by atoms with van der Waals surface area (Å²) < 4.78 is 10.9. The van der Waals surface area contributed by atoms with Crippen molar-refractivity contribution in [2.75, 3.05) is 33.9 Å². The number of hydrogen-bond acceptors (Lipinski definition) is 4. The van der Waals surface area contributed by atoms with Crippen LogP contribution in [0, 0.1) is 0 Å². The molecule has 0 fully saturated rings. The number of nitrogens with zero attached hydrogens (tertiary/aromatic N) is 1. The van der Waals surface area contributed by atoms with Crippen molar-refractivity contribution in [1.29, 1.82) is 0 Å². The molecule has 1 heterocycles. The number of hydrogen-bond donors (Lipinski definition) is 1. The molecule has 0 bridgehead atoms. The Morgan fingerprint density at radius 1 is 1.22 bits per heavy atom. The van der Waals surface area contributed by atoms with Gasteiger partial charge in [-0.1, -0.05) is 24.6 Å². The highest BCUT2D eigenvalue weighted by molar-refractivity contribution is 6.30. The molecule has 6 heteroatoms. The normalized spacial score (nSPS) is 16.5. The molecule has 0 saturated carbocycles. The summed E-state index contributed by atoms with van der Waals surface area (Å²) >= 11 is 6.00. The topological polar surface area (TPSA) is 50.8 Å². The molecule has 0 saturated heterocycles. The van der Waals surface area contributed by atoms with Gasteiger partial charge in [0.15, 0.2) is 11.5 Å². The molecule has 5 nitrogen and oxygen atoms in total. The number of rotatable bonds is 6. The first-order valence-corrected chi connectivity index (χ1v) is 9.47. The van der Waals surface area contributed by atoms with Gasteiger partial charge in [0.05, 0.1) is 20.3 Å². The lowest BCUT2D eigenvalue weighted by Crippen LogP contribution is -2.42. The van der Waals surface area contributed by atoms with Gasteiger partial charge >= 0.3 is 0 Å². The Morgan fingerprint density at radius 3 is 2.63 bits per heavy atom. The predicted molar refractivity (Wildman–Crippen MR) is 107 cm³/mol. The molecule has 0 spiro atoms. The lowest BCUT2D eigenvalue weighted by Gasteiger charge is -2.37. The SMILES string of the molecule is CCN1CCc2cc(OC)c(OC)cc2C1CNC(=O)c1cccc(Cl)c1. The molecular formula is C21H25ClN2O3. The highest BCUT2D eigenvalue weighted by atomic mass is 35.5. The van der Waals surface area contributed by atoms with Gasteiger partial charge in [0.25, 0.3) is 5.91 Å². The van der Waals surface area contributed by atoms with Crippen molar-refractivity contribution in [3.05, 3.63) is 58.1 Å². The van der Waals surface area contributed by atoms with Gasteiger partial charge in [-0.25, -0.2) is 0 Å². The van der Waals surface area contributed by atoms with Crippen LogP contribution in [0.4, 0.5) is 0 Å². The number of amides is 1. The van der Waals surface area contributed by atoms with Gasteiger partial charge in [0.2, 0.25) is 0 Å². The summed E-state index contributed by atoms with van der Waals surface area (Å²) in [5.41, 5.74) is 2.97. The smallest absolute Gasteiger partial charge is 0.251 e. The maximum absolute atomic E-state index is 12.5. The van der Waals surface area contributed by atoms with Gasteiger partial charge in [-0.3, -0.25) is 9.69 Å². The zero-order chi connectivity index (χ0) is 19.4. The molecule has 0 aliphatic carbocycles. The summed E-state index contributed by atoms with van der Waals surface area (Å²) in [4.78, 5) is 14.9. The van der Waals surface area contributed by atoms with E-state index < -0.39 is 0 Å². The molecule has 1 aliphatic rings. The number of carbonyl (C=O) groups excluding carboxylic acids is 1. The van der Waals surface area contributed by atoms with E-state index in [9.17, 15) is 4.79 Å². The van der Waals surface area contributed by atoms with E-state index in [1.807, 2.05) is 12.1 Å². The average Bonchev–Trinajstić information content (AvgIpc) is 2.70. The second-order valence-corrected chi connectivity index (χ2v) is 6.96. The highest BCUT2D eigenvalue weighted by Crippen LogP contribution is 2.37. The molecule has 0 radical (unpaired) electrons. The van der Waals surface area contributed by atoms with Crippen LogP contribution >= 0.6 is 11.6 Å². The number of ether oxygens (including phenoxy) is 2. The van der Waals surface area contributed by atoms with Crippen molar-refractivity contribution in [3.8, 4) is 11.5 Å². The number of fused-ring (bicyclic) bond motifs is 1. The van der Waals surface area contributed by atoms with Crippen LogP contribution in [0.25, 0.3) is 0 Å². The predicted octanol–water partition coefficient (Wildman–Crippen LogP) is 3.71. The molecule has 144 valence electrons. The molecule has 27 heavy (non-hydrogen) atoms. The molecule has 1 aliphatic heterocycles. The second-order valence-electron chi connectivity index (χ2n) is 6.52. The van der Waals surface area contributed by atoms with E-state index >= 15 is 0 Å². The molecule has 1 amide bonds. The van der Waals surface area contributed by atoms with Crippen molar-refractivity contribution >= 4 is 17.5 Å². The van der Waals surface area contributed by atoms with E-state index in [4.69, 9.17) is 21.1 Å². The zero-order valence-corrected chi connectivity index (χ0v) is 16.7. The molecular weight excluding hydrogens is 364 g/mol. The fourth-order valence-electron chi connectivity index (χ4n) is 3.62. The van der Waals surface area contributed by atoms with E-state index in [-0.39, 0.29) is 11.9 Å². The van der Waals surface area contributed by atoms with Crippen LogP contribution in [0.15, 0.2) is 36.4 Å². The number of carbonyl (C=O) groups is 1. The van der Waals surface area contributed by atoms with Gasteiger partial charge in [-0.05, 0) is 54.4 Å². The molecule has 3 rings (SSSR count). The number of methoxy groups -OCH3 is 2. The maximum atomic E-state index is 12.5. The molecule has 2 aromatic carbocycles. The van der Waals surface area contributed by atoms with Gasteiger partial charge in [0, 0.05) is 23.7 Å². The van der Waals surface area contributed by atoms with E-state index in [1.165, 1.54) is 11.1 Å². The molecule has 1 N–H and O–H groups in total. The lowest BCUT2D eigenvalue weighted by atomic mass is 9.91. The van der Waals surface area contributed by atoms with E-state index in [0.29, 0.717) is 22.9 Å². The van der Waals surface area contributed by atoms with Gasteiger partial charge in [0.1, 0.15) is 0 Å². The van der Waals surface area contributed by atoms with Crippen LogP contribution in [-0.2, 0) is 6.42 Å². The van der Waals surface area contributed by atoms with Crippen LogP contribution in [0.1, 0.15) is 34.5 Å². The summed E-state index contributed by atoms with van der Waals surface area (Å²) in [6, 6.07) is 11.1. The van der Waals surface area contributed by atoms with Crippen molar-refractivity contribution < 1.29 is 14.3 Å². The Balaban J connectivity index is 1.84. The summed E-state index contributed by atoms with van der Waals surface area (Å²) in [5, 5.41) is 3.61. The zero-order valence-electron chi connectivity index (χ0n) is 15.9. The van der Waals surface area contributed by atoms with Gasteiger partial charge in [-0.15, -0.1) is 0 Å². The minimum atomic E-state index is -0.124.